The van der Waals surface area contributed by atoms with Crippen molar-refractivity contribution in [1.29, 1.82) is 0 Å². The van der Waals surface area contributed by atoms with E-state index in [2.05, 4.69) is 0 Å². The van der Waals surface area contributed by atoms with Gasteiger partial charge in [-0.1, -0.05) is 30.3 Å². The molecule has 108 valence electrons. The summed E-state index contributed by atoms with van der Waals surface area (Å²) in [4.78, 5) is 0. The molecule has 0 radical (unpaired) electrons. The zero-order valence-electron chi connectivity index (χ0n) is 12.2. The maximum atomic E-state index is 6.33. The molecule has 1 heterocycles. The lowest BCUT2D eigenvalue weighted by molar-refractivity contribution is 0.242. The molecular weight excluding hydrogens is 262 g/mol. The molecule has 2 aromatic carbocycles. The first-order chi connectivity index (χ1) is 10.1. The molecule has 3 nitrogen and oxygen atoms in total. The number of hydrogen-bond donors (Lipinski definition) is 1. The van der Waals surface area contributed by atoms with Crippen LogP contribution in [0, 0.1) is 0 Å². The molecule has 1 unspecified atom stereocenters. The molecule has 3 heteroatoms. The molecule has 0 aliphatic rings. The summed E-state index contributed by atoms with van der Waals surface area (Å²) in [5, 5.41) is 1.07. The van der Waals surface area contributed by atoms with E-state index in [1.165, 1.54) is 0 Å². The van der Waals surface area contributed by atoms with E-state index in [1.54, 1.807) is 0 Å². The summed E-state index contributed by atoms with van der Waals surface area (Å²) >= 11 is 0. The van der Waals surface area contributed by atoms with Crippen LogP contribution < -0.4 is 10.5 Å². The normalized spacial score (nSPS) is 12.8. The quantitative estimate of drug-likeness (QED) is 0.777. The highest BCUT2D eigenvalue weighted by Crippen LogP contribution is 2.28. The molecule has 0 aliphatic heterocycles. The molecule has 3 rings (SSSR count). The zero-order valence-corrected chi connectivity index (χ0v) is 12.2. The van der Waals surface area contributed by atoms with Crippen LogP contribution in [0.2, 0.25) is 0 Å². The predicted octanol–water partition coefficient (Wildman–Crippen LogP) is 4.27. The summed E-state index contributed by atoms with van der Waals surface area (Å²) in [6.45, 7) is 4.01. The highest BCUT2D eigenvalue weighted by atomic mass is 16.5. The number of rotatable bonds is 4. The minimum atomic E-state index is -0.298. The van der Waals surface area contributed by atoms with Crippen molar-refractivity contribution in [3.05, 3.63) is 65.9 Å². The van der Waals surface area contributed by atoms with Gasteiger partial charge in [0.1, 0.15) is 17.1 Å². The molecule has 0 saturated carbocycles. The maximum absolute atomic E-state index is 6.33. The molecular formula is C18H19NO2. The van der Waals surface area contributed by atoms with Gasteiger partial charge in [0.15, 0.2) is 0 Å². The lowest BCUT2D eigenvalue weighted by Crippen LogP contribution is -2.12. The molecule has 0 bridgehead atoms. The van der Waals surface area contributed by atoms with Crippen molar-refractivity contribution in [1.82, 2.24) is 0 Å². The fourth-order valence-electron chi connectivity index (χ4n) is 2.37. The summed E-state index contributed by atoms with van der Waals surface area (Å²) < 4.78 is 11.6. The third-order valence-corrected chi connectivity index (χ3v) is 3.34. The third-order valence-electron chi connectivity index (χ3n) is 3.34. The Bertz CT molecular complexity index is 713. The van der Waals surface area contributed by atoms with Crippen molar-refractivity contribution in [2.45, 2.75) is 26.0 Å². The van der Waals surface area contributed by atoms with Gasteiger partial charge in [-0.25, -0.2) is 0 Å². The topological polar surface area (TPSA) is 48.4 Å². The number of benzene rings is 2. The fraction of sp³-hybridized carbons (Fsp3) is 0.222. The highest BCUT2D eigenvalue weighted by Gasteiger charge is 2.15. The molecule has 0 spiro atoms. The molecule has 3 aromatic rings. The van der Waals surface area contributed by atoms with E-state index in [0.717, 1.165) is 28.0 Å². The molecule has 2 N–H and O–H groups in total. The van der Waals surface area contributed by atoms with Crippen LogP contribution in [-0.2, 0) is 0 Å². The number of hydrogen-bond acceptors (Lipinski definition) is 3. The number of ether oxygens (including phenoxy) is 1. The largest absolute Gasteiger partial charge is 0.491 e. The van der Waals surface area contributed by atoms with Crippen LogP contribution in [0.15, 0.2) is 59.0 Å². The highest BCUT2D eigenvalue weighted by molar-refractivity contribution is 5.77. The van der Waals surface area contributed by atoms with Gasteiger partial charge in [-0.15, -0.1) is 0 Å². The zero-order chi connectivity index (χ0) is 14.8. The van der Waals surface area contributed by atoms with Crippen LogP contribution in [0.4, 0.5) is 0 Å². The van der Waals surface area contributed by atoms with E-state index in [1.807, 2.05) is 68.4 Å². The van der Waals surface area contributed by atoms with Crippen molar-refractivity contribution < 1.29 is 9.15 Å². The molecule has 0 saturated heterocycles. The molecule has 0 fully saturated rings. The van der Waals surface area contributed by atoms with E-state index >= 15 is 0 Å². The number of fused-ring (bicyclic) bond motifs is 1. The predicted molar refractivity (Wildman–Crippen MR) is 84.5 cm³/mol. The summed E-state index contributed by atoms with van der Waals surface area (Å²) in [5.41, 5.74) is 8.17. The molecule has 0 amide bonds. The third kappa shape index (κ3) is 2.93. The Kier molecular flexibility index (Phi) is 3.67. The van der Waals surface area contributed by atoms with Crippen LogP contribution in [0.25, 0.3) is 11.0 Å². The monoisotopic (exact) mass is 281 g/mol. The molecule has 0 aliphatic carbocycles. The van der Waals surface area contributed by atoms with Gasteiger partial charge >= 0.3 is 0 Å². The second-order valence-electron chi connectivity index (χ2n) is 5.40. The fourth-order valence-corrected chi connectivity index (χ4v) is 2.37. The summed E-state index contributed by atoms with van der Waals surface area (Å²) in [7, 11) is 0. The van der Waals surface area contributed by atoms with E-state index in [-0.39, 0.29) is 12.1 Å². The SMILES string of the molecule is CC(C)Oc1cccc(C(N)c2cc3ccccc3o2)c1. The average molecular weight is 281 g/mol. The Morgan fingerprint density at radius 3 is 2.57 bits per heavy atom. The summed E-state index contributed by atoms with van der Waals surface area (Å²) in [6.07, 6.45) is 0.141. The van der Waals surface area contributed by atoms with Gasteiger partial charge in [-0.3, -0.25) is 0 Å². The molecule has 21 heavy (non-hydrogen) atoms. The maximum Gasteiger partial charge on any atom is 0.134 e. The first kappa shape index (κ1) is 13.7. The lowest BCUT2D eigenvalue weighted by Gasteiger charge is -2.13. The van der Waals surface area contributed by atoms with E-state index in [0.29, 0.717) is 0 Å². The van der Waals surface area contributed by atoms with Gasteiger partial charge in [0.25, 0.3) is 0 Å². The van der Waals surface area contributed by atoms with E-state index in [4.69, 9.17) is 14.9 Å². The second-order valence-corrected chi connectivity index (χ2v) is 5.40. The van der Waals surface area contributed by atoms with Crippen molar-refractivity contribution in [2.75, 3.05) is 0 Å². The first-order valence-corrected chi connectivity index (χ1v) is 7.14. The van der Waals surface area contributed by atoms with E-state index in [9.17, 15) is 0 Å². The molecule has 1 atom stereocenters. The standard InChI is InChI=1S/C18H19NO2/c1-12(2)20-15-8-5-7-14(10-15)18(19)17-11-13-6-3-4-9-16(13)21-17/h3-12,18H,19H2,1-2H3. The first-order valence-electron chi connectivity index (χ1n) is 7.14. The Labute approximate surface area is 124 Å². The van der Waals surface area contributed by atoms with Crippen LogP contribution >= 0.6 is 0 Å². The van der Waals surface area contributed by atoms with E-state index < -0.39 is 0 Å². The second kappa shape index (κ2) is 5.62. The number of furan rings is 1. The van der Waals surface area contributed by atoms with Crippen molar-refractivity contribution >= 4 is 11.0 Å². The summed E-state index contributed by atoms with van der Waals surface area (Å²) in [5.74, 6) is 1.59. The Balaban J connectivity index is 1.92. The van der Waals surface area contributed by atoms with Gasteiger partial charge < -0.3 is 14.9 Å². The van der Waals surface area contributed by atoms with Crippen LogP contribution in [0.5, 0.6) is 5.75 Å². The van der Waals surface area contributed by atoms with Crippen LogP contribution in [-0.4, -0.2) is 6.10 Å². The minimum Gasteiger partial charge on any atom is -0.491 e. The number of para-hydroxylation sites is 1. The minimum absolute atomic E-state index is 0.141. The average Bonchev–Trinajstić information content (AvgIpc) is 2.90. The van der Waals surface area contributed by atoms with Crippen LogP contribution in [0.1, 0.15) is 31.2 Å². The van der Waals surface area contributed by atoms with Crippen LogP contribution in [0.3, 0.4) is 0 Å². The summed E-state index contributed by atoms with van der Waals surface area (Å²) in [6, 6.07) is 17.5. The lowest BCUT2D eigenvalue weighted by atomic mass is 10.0. The number of nitrogens with two attached hydrogens (primary N) is 1. The van der Waals surface area contributed by atoms with Crippen molar-refractivity contribution in [3.63, 3.8) is 0 Å². The smallest absolute Gasteiger partial charge is 0.134 e. The van der Waals surface area contributed by atoms with Gasteiger partial charge in [0.05, 0.1) is 12.1 Å². The van der Waals surface area contributed by atoms with Gasteiger partial charge in [0, 0.05) is 5.39 Å². The van der Waals surface area contributed by atoms with Crippen molar-refractivity contribution in [2.24, 2.45) is 5.73 Å². The Morgan fingerprint density at radius 1 is 1.00 bits per heavy atom. The van der Waals surface area contributed by atoms with Gasteiger partial charge in [0.2, 0.25) is 0 Å². The molecule has 1 aromatic heterocycles. The van der Waals surface area contributed by atoms with Crippen molar-refractivity contribution in [3.8, 4) is 5.75 Å². The Hall–Kier alpha value is -2.26. The van der Waals surface area contributed by atoms with Gasteiger partial charge in [-0.05, 0) is 43.7 Å². The Morgan fingerprint density at radius 2 is 1.81 bits per heavy atom. The van der Waals surface area contributed by atoms with Gasteiger partial charge in [-0.2, -0.15) is 0 Å².